The minimum absolute atomic E-state index is 0.0742. The molecule has 2 unspecified atom stereocenters. The summed E-state index contributed by atoms with van der Waals surface area (Å²) in [6.45, 7) is 4.21. The topological polar surface area (TPSA) is 72.2 Å². The lowest BCUT2D eigenvalue weighted by molar-refractivity contribution is -0.117. The Hall–Kier alpha value is -2.14. The molecule has 27 heavy (non-hydrogen) atoms. The number of amides is 2. The van der Waals surface area contributed by atoms with E-state index < -0.39 is 5.91 Å². The Kier molecular flexibility index (Phi) is 6.32. The first-order valence-corrected chi connectivity index (χ1v) is 10.7. The van der Waals surface area contributed by atoms with E-state index in [0.717, 1.165) is 30.4 Å². The number of benzene rings is 1. The van der Waals surface area contributed by atoms with Crippen LogP contribution in [-0.2, 0) is 17.6 Å². The van der Waals surface area contributed by atoms with Gasteiger partial charge in [-0.15, -0.1) is 11.3 Å². The molecule has 3 rings (SSSR count). The van der Waals surface area contributed by atoms with Crippen LogP contribution in [-0.4, -0.2) is 11.8 Å². The van der Waals surface area contributed by atoms with Crippen molar-refractivity contribution in [3.63, 3.8) is 0 Å². The number of carbonyl (C=O) groups is 2. The molecule has 0 saturated heterocycles. The highest BCUT2D eigenvalue weighted by Gasteiger charge is 2.29. The van der Waals surface area contributed by atoms with Crippen LogP contribution in [0.1, 0.15) is 71.8 Å². The first-order valence-electron chi connectivity index (χ1n) is 9.85. The van der Waals surface area contributed by atoms with Crippen LogP contribution in [0.4, 0.5) is 5.00 Å². The fourth-order valence-corrected chi connectivity index (χ4v) is 5.48. The highest BCUT2D eigenvalue weighted by molar-refractivity contribution is 7.17. The van der Waals surface area contributed by atoms with Crippen LogP contribution in [0.5, 0.6) is 0 Å². The second kappa shape index (κ2) is 8.70. The smallest absolute Gasteiger partial charge is 0.251 e. The quantitative estimate of drug-likeness (QED) is 0.714. The van der Waals surface area contributed by atoms with Gasteiger partial charge in [0.15, 0.2) is 0 Å². The number of rotatable bonds is 7. The zero-order chi connectivity index (χ0) is 19.4. The predicted molar refractivity (Wildman–Crippen MR) is 111 cm³/mol. The molecule has 1 aromatic carbocycles. The van der Waals surface area contributed by atoms with E-state index in [2.05, 4.69) is 12.2 Å². The van der Waals surface area contributed by atoms with Gasteiger partial charge in [-0.3, -0.25) is 9.59 Å². The standard InChI is InChI=1S/C22H28N2O2S/c1-3-8-14-11-12-17-18(13-14)27-22(19(17)20(23)25)24-21(26)16(4-2)15-9-6-5-7-10-15/h5-7,9-10,14,16H,3-4,8,11-13H2,1-2H3,(H2,23,25)(H,24,26). The van der Waals surface area contributed by atoms with E-state index in [-0.39, 0.29) is 11.8 Å². The van der Waals surface area contributed by atoms with Crippen molar-refractivity contribution in [2.24, 2.45) is 11.7 Å². The zero-order valence-electron chi connectivity index (χ0n) is 16.1. The van der Waals surface area contributed by atoms with Gasteiger partial charge in [-0.25, -0.2) is 0 Å². The number of thiophene rings is 1. The predicted octanol–water partition coefficient (Wildman–Crippen LogP) is 4.88. The largest absolute Gasteiger partial charge is 0.365 e. The monoisotopic (exact) mass is 384 g/mol. The molecule has 4 nitrogen and oxygen atoms in total. The SMILES string of the molecule is CCCC1CCc2c(sc(NC(=O)C(CC)c3ccccc3)c2C(N)=O)C1. The second-order valence-corrected chi connectivity index (χ2v) is 8.44. The number of hydrogen-bond donors (Lipinski definition) is 2. The fraction of sp³-hybridized carbons (Fsp3) is 0.455. The molecule has 0 bridgehead atoms. The minimum atomic E-state index is -0.440. The molecule has 0 radical (unpaired) electrons. The molecule has 0 aliphatic heterocycles. The van der Waals surface area contributed by atoms with E-state index >= 15 is 0 Å². The van der Waals surface area contributed by atoms with Crippen molar-refractivity contribution in [3.8, 4) is 0 Å². The molecule has 0 fully saturated rings. The molecule has 1 heterocycles. The van der Waals surface area contributed by atoms with Crippen molar-refractivity contribution < 1.29 is 9.59 Å². The van der Waals surface area contributed by atoms with Gasteiger partial charge < -0.3 is 11.1 Å². The van der Waals surface area contributed by atoms with Crippen molar-refractivity contribution in [3.05, 3.63) is 51.9 Å². The van der Waals surface area contributed by atoms with Gasteiger partial charge >= 0.3 is 0 Å². The maximum atomic E-state index is 12.9. The number of fused-ring (bicyclic) bond motifs is 1. The zero-order valence-corrected chi connectivity index (χ0v) is 16.9. The van der Waals surface area contributed by atoms with E-state index in [1.54, 1.807) is 0 Å². The molecule has 0 saturated carbocycles. The van der Waals surface area contributed by atoms with Gasteiger partial charge in [0.2, 0.25) is 5.91 Å². The van der Waals surface area contributed by atoms with Gasteiger partial charge in [0, 0.05) is 4.88 Å². The molecule has 1 aliphatic carbocycles. The van der Waals surface area contributed by atoms with Crippen molar-refractivity contribution >= 4 is 28.2 Å². The minimum Gasteiger partial charge on any atom is -0.365 e. The van der Waals surface area contributed by atoms with Crippen LogP contribution >= 0.6 is 11.3 Å². The fourth-order valence-electron chi connectivity index (χ4n) is 4.11. The third-order valence-electron chi connectivity index (χ3n) is 5.47. The lowest BCUT2D eigenvalue weighted by Crippen LogP contribution is -2.23. The number of hydrogen-bond acceptors (Lipinski definition) is 3. The molecule has 3 N–H and O–H groups in total. The number of primary amides is 1. The van der Waals surface area contributed by atoms with E-state index in [9.17, 15) is 9.59 Å². The van der Waals surface area contributed by atoms with E-state index in [4.69, 9.17) is 5.73 Å². The molecular weight excluding hydrogens is 356 g/mol. The summed E-state index contributed by atoms with van der Waals surface area (Å²) >= 11 is 1.54. The van der Waals surface area contributed by atoms with Gasteiger partial charge in [0.1, 0.15) is 5.00 Å². The van der Waals surface area contributed by atoms with Crippen LogP contribution in [0.3, 0.4) is 0 Å². The number of nitrogens with two attached hydrogens (primary N) is 1. The molecule has 5 heteroatoms. The third kappa shape index (κ3) is 4.24. The molecule has 2 atom stereocenters. The first kappa shape index (κ1) is 19.6. The Bertz CT molecular complexity index is 813. The molecular formula is C22H28N2O2S. The van der Waals surface area contributed by atoms with Gasteiger partial charge in [-0.05, 0) is 42.7 Å². The number of carbonyl (C=O) groups excluding carboxylic acids is 2. The lowest BCUT2D eigenvalue weighted by atomic mass is 9.84. The van der Waals surface area contributed by atoms with Gasteiger partial charge in [0.25, 0.3) is 5.91 Å². The number of anilines is 1. The summed E-state index contributed by atoms with van der Waals surface area (Å²) in [6.07, 6.45) is 6.03. The molecule has 1 aromatic heterocycles. The Balaban J connectivity index is 1.86. The first-order chi connectivity index (χ1) is 13.0. The van der Waals surface area contributed by atoms with Crippen molar-refractivity contribution in [1.29, 1.82) is 0 Å². The summed E-state index contributed by atoms with van der Waals surface area (Å²) in [5, 5.41) is 3.65. The summed E-state index contributed by atoms with van der Waals surface area (Å²) in [5.41, 5.74) is 8.26. The Morgan fingerprint density at radius 3 is 2.63 bits per heavy atom. The molecule has 1 aliphatic rings. The Labute approximate surface area is 165 Å². The van der Waals surface area contributed by atoms with E-state index in [0.29, 0.717) is 22.9 Å². The Morgan fingerprint density at radius 1 is 1.26 bits per heavy atom. The highest BCUT2D eigenvalue weighted by Crippen LogP contribution is 2.41. The van der Waals surface area contributed by atoms with E-state index in [1.165, 1.54) is 29.1 Å². The third-order valence-corrected chi connectivity index (χ3v) is 6.64. The summed E-state index contributed by atoms with van der Waals surface area (Å²) in [6, 6.07) is 9.77. The summed E-state index contributed by atoms with van der Waals surface area (Å²) in [5.74, 6) is -0.0866. The second-order valence-electron chi connectivity index (χ2n) is 7.33. The maximum Gasteiger partial charge on any atom is 0.251 e. The van der Waals surface area contributed by atoms with Crippen LogP contribution < -0.4 is 11.1 Å². The molecule has 0 spiro atoms. The van der Waals surface area contributed by atoms with E-state index in [1.807, 2.05) is 37.3 Å². The van der Waals surface area contributed by atoms with Gasteiger partial charge in [0.05, 0.1) is 11.5 Å². The highest BCUT2D eigenvalue weighted by atomic mass is 32.1. The van der Waals surface area contributed by atoms with Crippen molar-refractivity contribution in [2.45, 2.75) is 58.3 Å². The van der Waals surface area contributed by atoms with Crippen molar-refractivity contribution in [2.75, 3.05) is 5.32 Å². The maximum absolute atomic E-state index is 12.9. The van der Waals surface area contributed by atoms with Gasteiger partial charge in [-0.1, -0.05) is 57.0 Å². The Morgan fingerprint density at radius 2 is 2.00 bits per heavy atom. The molecule has 144 valence electrons. The summed E-state index contributed by atoms with van der Waals surface area (Å²) in [7, 11) is 0. The number of nitrogens with one attached hydrogen (secondary N) is 1. The van der Waals surface area contributed by atoms with Crippen LogP contribution in [0.25, 0.3) is 0 Å². The van der Waals surface area contributed by atoms with Crippen LogP contribution in [0.2, 0.25) is 0 Å². The average molecular weight is 385 g/mol. The molecule has 2 amide bonds. The lowest BCUT2D eigenvalue weighted by Gasteiger charge is -2.21. The van der Waals surface area contributed by atoms with Crippen LogP contribution in [0.15, 0.2) is 30.3 Å². The average Bonchev–Trinajstić information content (AvgIpc) is 3.00. The molecule has 2 aromatic rings. The summed E-state index contributed by atoms with van der Waals surface area (Å²) < 4.78 is 0. The van der Waals surface area contributed by atoms with Crippen LogP contribution in [0, 0.1) is 5.92 Å². The normalized spacial score (nSPS) is 17.2. The van der Waals surface area contributed by atoms with Gasteiger partial charge in [-0.2, -0.15) is 0 Å². The van der Waals surface area contributed by atoms with Crippen molar-refractivity contribution in [1.82, 2.24) is 0 Å². The summed E-state index contributed by atoms with van der Waals surface area (Å²) in [4.78, 5) is 26.3.